The highest BCUT2D eigenvalue weighted by Gasteiger charge is 2.29. The quantitative estimate of drug-likeness (QED) is 0.761. The molecule has 128 valence electrons. The van der Waals surface area contributed by atoms with E-state index in [2.05, 4.69) is 12.3 Å². The van der Waals surface area contributed by atoms with Crippen LogP contribution in [0.25, 0.3) is 0 Å². The highest BCUT2D eigenvalue weighted by molar-refractivity contribution is 7.10. The van der Waals surface area contributed by atoms with Gasteiger partial charge in [0.15, 0.2) is 0 Å². The predicted octanol–water partition coefficient (Wildman–Crippen LogP) is 4.47. The number of nitrogen functional groups attached to an aromatic ring is 1. The first-order valence-corrected chi connectivity index (χ1v) is 9.31. The Morgan fingerprint density at radius 3 is 2.96 bits per heavy atom. The summed E-state index contributed by atoms with van der Waals surface area (Å²) in [7, 11) is 0. The second-order valence-corrected chi connectivity index (χ2v) is 7.77. The summed E-state index contributed by atoms with van der Waals surface area (Å²) in [6.45, 7) is 3.09. The van der Waals surface area contributed by atoms with E-state index in [1.807, 2.05) is 23.1 Å². The van der Waals surface area contributed by atoms with Crippen LogP contribution in [0.2, 0.25) is 0 Å². The largest absolute Gasteiger partial charge is 0.398 e. The second kappa shape index (κ2) is 6.77. The highest BCUT2D eigenvalue weighted by Crippen LogP contribution is 2.36. The van der Waals surface area contributed by atoms with Crippen molar-refractivity contribution >= 4 is 41.0 Å². The average molecular weight is 363 g/mol. The van der Waals surface area contributed by atoms with Gasteiger partial charge in [-0.25, -0.2) is 0 Å². The molecular formula is C19H23ClN2OS. The number of anilines is 2. The van der Waals surface area contributed by atoms with E-state index < -0.39 is 0 Å². The van der Waals surface area contributed by atoms with Crippen molar-refractivity contribution in [2.75, 3.05) is 17.2 Å². The van der Waals surface area contributed by atoms with Gasteiger partial charge in [0.25, 0.3) is 5.91 Å². The van der Waals surface area contributed by atoms with E-state index in [-0.39, 0.29) is 18.3 Å². The Morgan fingerprint density at radius 1 is 1.29 bits per heavy atom. The summed E-state index contributed by atoms with van der Waals surface area (Å²) in [5.74, 6) is 0.892. The summed E-state index contributed by atoms with van der Waals surface area (Å²) in [5, 5.41) is 2.08. The van der Waals surface area contributed by atoms with Gasteiger partial charge in [-0.3, -0.25) is 4.79 Å². The molecular weight excluding hydrogens is 340 g/mol. The van der Waals surface area contributed by atoms with Crippen molar-refractivity contribution in [1.82, 2.24) is 0 Å². The lowest BCUT2D eigenvalue weighted by Gasteiger charge is -2.30. The number of amides is 1. The van der Waals surface area contributed by atoms with Crippen molar-refractivity contribution in [3.05, 3.63) is 45.1 Å². The van der Waals surface area contributed by atoms with Gasteiger partial charge < -0.3 is 10.6 Å². The van der Waals surface area contributed by atoms with Gasteiger partial charge in [0.2, 0.25) is 0 Å². The lowest BCUT2D eigenvalue weighted by atomic mass is 9.88. The minimum Gasteiger partial charge on any atom is -0.398 e. The monoisotopic (exact) mass is 362 g/mol. The molecule has 4 rings (SSSR count). The molecule has 1 unspecified atom stereocenters. The van der Waals surface area contributed by atoms with Crippen LogP contribution in [0.5, 0.6) is 0 Å². The minimum absolute atomic E-state index is 0. The van der Waals surface area contributed by atoms with Gasteiger partial charge in [-0.05, 0) is 61.3 Å². The standard InChI is InChI=1S/C19H22N2OS.ClH/c1-12-7-8-13-15(11-23-18(13)10-12)19(22)21-9-3-4-14-16(20)5-2-6-17(14)21;/h2,5-6,11-12H,3-4,7-10,20H2,1H3;1H. The fourth-order valence-corrected chi connectivity index (χ4v) is 5.10. The van der Waals surface area contributed by atoms with Crippen LogP contribution in [0.3, 0.4) is 0 Å². The first-order valence-electron chi connectivity index (χ1n) is 8.43. The van der Waals surface area contributed by atoms with Crippen LogP contribution in [0.15, 0.2) is 23.6 Å². The molecule has 0 saturated heterocycles. The van der Waals surface area contributed by atoms with Crippen LogP contribution in [-0.4, -0.2) is 12.5 Å². The van der Waals surface area contributed by atoms with Crippen molar-refractivity contribution in [2.24, 2.45) is 5.92 Å². The maximum Gasteiger partial charge on any atom is 0.259 e. The summed E-state index contributed by atoms with van der Waals surface area (Å²) in [4.78, 5) is 16.5. The van der Waals surface area contributed by atoms with Crippen LogP contribution in [0.4, 0.5) is 11.4 Å². The molecule has 0 radical (unpaired) electrons. The normalized spacial score (nSPS) is 19.2. The Morgan fingerprint density at radius 2 is 2.12 bits per heavy atom. The Hall–Kier alpha value is -1.52. The molecule has 0 spiro atoms. The van der Waals surface area contributed by atoms with Crippen LogP contribution >= 0.6 is 23.7 Å². The first kappa shape index (κ1) is 17.3. The SMILES string of the molecule is CC1CCc2c(C(=O)N3CCCc4c(N)cccc43)csc2C1.Cl. The fourth-order valence-electron chi connectivity index (χ4n) is 3.86. The van der Waals surface area contributed by atoms with E-state index in [4.69, 9.17) is 5.73 Å². The van der Waals surface area contributed by atoms with Crippen LogP contribution in [-0.2, 0) is 19.3 Å². The molecule has 3 nitrogen and oxygen atoms in total. The molecule has 1 atom stereocenters. The predicted molar refractivity (Wildman–Crippen MR) is 104 cm³/mol. The Bertz CT molecular complexity index is 771. The molecule has 0 saturated carbocycles. The topological polar surface area (TPSA) is 46.3 Å². The molecule has 1 aromatic heterocycles. The van der Waals surface area contributed by atoms with Gasteiger partial charge in [-0.15, -0.1) is 23.7 Å². The molecule has 24 heavy (non-hydrogen) atoms. The lowest BCUT2D eigenvalue weighted by molar-refractivity contribution is 0.0984. The number of thiophene rings is 1. The first-order chi connectivity index (χ1) is 11.1. The summed E-state index contributed by atoms with van der Waals surface area (Å²) in [5.41, 5.74) is 11.3. The number of carbonyl (C=O) groups excluding carboxylic acids is 1. The van der Waals surface area contributed by atoms with Crippen LogP contribution in [0, 0.1) is 5.92 Å². The molecule has 2 aromatic rings. The Labute approximate surface area is 153 Å². The van der Waals surface area contributed by atoms with Crippen LogP contribution < -0.4 is 10.6 Å². The van der Waals surface area contributed by atoms with E-state index in [9.17, 15) is 4.79 Å². The molecule has 2 heterocycles. The smallest absolute Gasteiger partial charge is 0.259 e. The number of halogens is 1. The van der Waals surface area contributed by atoms with Gasteiger partial charge in [0, 0.05) is 28.2 Å². The number of hydrogen-bond acceptors (Lipinski definition) is 3. The number of hydrogen-bond donors (Lipinski definition) is 1. The molecule has 1 aromatic carbocycles. The van der Waals surface area contributed by atoms with Gasteiger partial charge in [-0.1, -0.05) is 13.0 Å². The van der Waals surface area contributed by atoms with E-state index in [1.54, 1.807) is 11.3 Å². The third kappa shape index (κ3) is 2.82. The highest BCUT2D eigenvalue weighted by atomic mass is 35.5. The Kier molecular flexibility index (Phi) is 4.88. The van der Waals surface area contributed by atoms with Gasteiger partial charge in [0.05, 0.1) is 5.56 Å². The summed E-state index contributed by atoms with van der Waals surface area (Å²) in [6.07, 6.45) is 5.30. The maximum atomic E-state index is 13.2. The van der Waals surface area contributed by atoms with Gasteiger partial charge in [0.1, 0.15) is 0 Å². The number of fused-ring (bicyclic) bond motifs is 2. The summed E-state index contributed by atoms with van der Waals surface area (Å²) < 4.78 is 0. The summed E-state index contributed by atoms with van der Waals surface area (Å²) >= 11 is 1.76. The van der Waals surface area contributed by atoms with Gasteiger partial charge in [-0.2, -0.15) is 0 Å². The lowest BCUT2D eigenvalue weighted by Crippen LogP contribution is -2.36. The van der Waals surface area contributed by atoms with Crippen molar-refractivity contribution < 1.29 is 4.79 Å². The molecule has 1 amide bonds. The second-order valence-electron chi connectivity index (χ2n) is 6.80. The number of rotatable bonds is 1. The Balaban J connectivity index is 0.00000169. The van der Waals surface area contributed by atoms with Crippen molar-refractivity contribution in [1.29, 1.82) is 0 Å². The van der Waals surface area contributed by atoms with E-state index in [0.717, 1.165) is 60.6 Å². The van der Waals surface area contributed by atoms with Crippen molar-refractivity contribution in [3.8, 4) is 0 Å². The zero-order chi connectivity index (χ0) is 16.0. The molecule has 0 bridgehead atoms. The molecule has 2 N–H and O–H groups in total. The van der Waals surface area contributed by atoms with E-state index in [0.29, 0.717) is 0 Å². The third-order valence-electron chi connectivity index (χ3n) is 5.16. The van der Waals surface area contributed by atoms with Crippen LogP contribution in [0.1, 0.15) is 46.1 Å². The molecule has 0 fully saturated rings. The zero-order valence-electron chi connectivity index (χ0n) is 13.9. The third-order valence-corrected chi connectivity index (χ3v) is 6.22. The number of nitrogens with two attached hydrogens (primary N) is 1. The van der Waals surface area contributed by atoms with Crippen molar-refractivity contribution in [3.63, 3.8) is 0 Å². The zero-order valence-corrected chi connectivity index (χ0v) is 15.5. The molecule has 2 aliphatic rings. The summed E-state index contributed by atoms with van der Waals surface area (Å²) in [6, 6.07) is 5.91. The van der Waals surface area contributed by atoms with E-state index in [1.165, 1.54) is 16.9 Å². The number of carbonyl (C=O) groups is 1. The number of benzene rings is 1. The molecule has 1 aliphatic heterocycles. The van der Waals surface area contributed by atoms with E-state index >= 15 is 0 Å². The van der Waals surface area contributed by atoms with Crippen molar-refractivity contribution in [2.45, 2.75) is 39.0 Å². The average Bonchev–Trinajstić information content (AvgIpc) is 2.97. The number of nitrogens with zero attached hydrogens (tertiary/aromatic N) is 1. The molecule has 5 heteroatoms. The van der Waals surface area contributed by atoms with Gasteiger partial charge >= 0.3 is 0 Å². The molecule has 1 aliphatic carbocycles. The maximum absolute atomic E-state index is 13.2. The minimum atomic E-state index is 0. The fraction of sp³-hybridized carbons (Fsp3) is 0.421.